The number of nitrogens with two attached hydrogens (primary N) is 1. The maximum absolute atomic E-state index is 12.3. The number of carbonyl (C=O) groups excluding carboxylic acids is 1. The lowest BCUT2D eigenvalue weighted by Gasteiger charge is -2.63. The Bertz CT molecular complexity index is 996. The zero-order chi connectivity index (χ0) is 28.8. The first-order chi connectivity index (χ1) is 19.0. The summed E-state index contributed by atoms with van der Waals surface area (Å²) in [6, 6.07) is 0.0569. The normalized spacial score (nSPS) is 40.6. The smallest absolute Gasteiger partial charge is 0.246 e. The lowest BCUT2D eigenvalue weighted by Crippen LogP contribution is -2.61. The minimum Gasteiger partial charge on any atom is -0.383 e. The van der Waals surface area contributed by atoms with Crippen LogP contribution in [0.5, 0.6) is 0 Å². The summed E-state index contributed by atoms with van der Waals surface area (Å²) >= 11 is 0. The number of H-pyrrole nitrogens is 1. The van der Waals surface area contributed by atoms with Crippen molar-refractivity contribution in [2.45, 2.75) is 124 Å². The fraction of sp³-hybridized carbons (Fsp3) is 0.882. The van der Waals surface area contributed by atoms with E-state index in [9.17, 15) is 9.90 Å². The van der Waals surface area contributed by atoms with E-state index in [4.69, 9.17) is 5.73 Å². The SMILES string of the molecule is CCN(c1c[nH]cn1)C1C[C@@]2(C)C(CC[C@H]3[C@@H]4CC[C@H]([C@H](C)CCCC(C)C)[C@@]4(C)CC[C@@H]32)C[C@H]1C(O)C(N)=O. The summed E-state index contributed by atoms with van der Waals surface area (Å²) in [5.41, 5.74) is 6.43. The Morgan fingerprint density at radius 2 is 1.88 bits per heavy atom. The van der Waals surface area contributed by atoms with Crippen LogP contribution < -0.4 is 10.6 Å². The van der Waals surface area contributed by atoms with Crippen molar-refractivity contribution in [3.63, 3.8) is 0 Å². The Hall–Kier alpha value is -1.56. The molecule has 1 aromatic rings. The summed E-state index contributed by atoms with van der Waals surface area (Å²) in [7, 11) is 0. The van der Waals surface area contributed by atoms with E-state index in [0.29, 0.717) is 11.3 Å². The predicted molar refractivity (Wildman–Crippen MR) is 163 cm³/mol. The highest BCUT2D eigenvalue weighted by Crippen LogP contribution is 2.69. The van der Waals surface area contributed by atoms with Gasteiger partial charge in [0.15, 0.2) is 0 Å². The van der Waals surface area contributed by atoms with Crippen molar-refractivity contribution >= 4 is 11.7 Å². The van der Waals surface area contributed by atoms with Crippen molar-refractivity contribution in [2.75, 3.05) is 11.4 Å². The van der Waals surface area contributed by atoms with Gasteiger partial charge in [-0.05, 0) is 111 Å². The molecule has 4 aliphatic carbocycles. The summed E-state index contributed by atoms with van der Waals surface area (Å²) in [6.45, 7) is 15.5. The second-order valence-corrected chi connectivity index (χ2v) is 15.4. The van der Waals surface area contributed by atoms with Crippen LogP contribution in [0.2, 0.25) is 0 Å². The van der Waals surface area contributed by atoms with E-state index in [2.05, 4.69) is 56.4 Å². The molecule has 0 spiro atoms. The highest BCUT2D eigenvalue weighted by Gasteiger charge is 2.62. The van der Waals surface area contributed by atoms with Gasteiger partial charge in [0.2, 0.25) is 5.91 Å². The number of hydrogen-bond acceptors (Lipinski definition) is 4. The fourth-order valence-electron chi connectivity index (χ4n) is 11.2. The largest absolute Gasteiger partial charge is 0.383 e. The molecule has 0 radical (unpaired) electrons. The number of aromatic nitrogens is 2. The molecule has 40 heavy (non-hydrogen) atoms. The number of primary amides is 1. The number of anilines is 1. The molecule has 4 saturated carbocycles. The molecule has 1 aromatic heterocycles. The molecule has 1 heterocycles. The van der Waals surface area contributed by atoms with Crippen LogP contribution in [0.1, 0.15) is 112 Å². The van der Waals surface area contributed by atoms with Gasteiger partial charge in [-0.2, -0.15) is 0 Å². The van der Waals surface area contributed by atoms with Gasteiger partial charge in [0, 0.05) is 24.7 Å². The molecule has 11 atom stereocenters. The molecule has 0 aromatic carbocycles. The monoisotopic (exact) mass is 554 g/mol. The highest BCUT2D eigenvalue weighted by atomic mass is 16.3. The zero-order valence-electron chi connectivity index (χ0n) is 26.2. The average Bonchev–Trinajstić information content (AvgIpc) is 3.55. The maximum Gasteiger partial charge on any atom is 0.246 e. The van der Waals surface area contributed by atoms with E-state index < -0.39 is 12.0 Å². The van der Waals surface area contributed by atoms with Gasteiger partial charge in [-0.15, -0.1) is 0 Å². The third kappa shape index (κ3) is 5.13. The van der Waals surface area contributed by atoms with Gasteiger partial charge in [0.25, 0.3) is 0 Å². The maximum atomic E-state index is 12.3. The minimum absolute atomic E-state index is 0.0569. The van der Waals surface area contributed by atoms with Crippen molar-refractivity contribution in [2.24, 2.45) is 63.9 Å². The van der Waals surface area contributed by atoms with Crippen LogP contribution in [0, 0.1) is 58.2 Å². The summed E-state index contributed by atoms with van der Waals surface area (Å²) in [5.74, 6) is 5.62. The Balaban J connectivity index is 1.38. The molecular weight excluding hydrogens is 496 g/mol. The lowest BCUT2D eigenvalue weighted by atomic mass is 9.43. The molecule has 0 aliphatic heterocycles. The second kappa shape index (κ2) is 11.6. The Morgan fingerprint density at radius 3 is 2.52 bits per heavy atom. The third-order valence-electron chi connectivity index (χ3n) is 13.2. The topological polar surface area (TPSA) is 95.2 Å². The number of nitrogens with one attached hydrogen (secondary N) is 1. The van der Waals surface area contributed by atoms with E-state index in [1.165, 1.54) is 57.8 Å². The molecule has 6 heteroatoms. The Kier molecular flexibility index (Phi) is 8.68. The van der Waals surface area contributed by atoms with Gasteiger partial charge in [-0.25, -0.2) is 4.98 Å². The molecule has 4 fully saturated rings. The van der Waals surface area contributed by atoms with Crippen LogP contribution in [-0.2, 0) is 4.79 Å². The molecule has 4 N–H and O–H groups in total. The van der Waals surface area contributed by atoms with Gasteiger partial charge >= 0.3 is 0 Å². The summed E-state index contributed by atoms with van der Waals surface area (Å²) in [4.78, 5) is 22.3. The van der Waals surface area contributed by atoms with Crippen molar-refractivity contribution in [1.82, 2.24) is 9.97 Å². The first kappa shape index (κ1) is 29.9. The number of aromatic amines is 1. The molecule has 5 rings (SSSR count). The van der Waals surface area contributed by atoms with Crippen LogP contribution in [0.25, 0.3) is 0 Å². The Labute approximate surface area is 243 Å². The molecule has 6 nitrogen and oxygen atoms in total. The fourth-order valence-corrected chi connectivity index (χ4v) is 11.2. The molecule has 0 bridgehead atoms. The van der Waals surface area contributed by atoms with Crippen molar-refractivity contribution in [3.8, 4) is 0 Å². The van der Waals surface area contributed by atoms with Crippen molar-refractivity contribution < 1.29 is 9.90 Å². The lowest BCUT2D eigenvalue weighted by molar-refractivity contribution is -0.144. The van der Waals surface area contributed by atoms with Crippen LogP contribution >= 0.6 is 0 Å². The van der Waals surface area contributed by atoms with E-state index in [1.807, 2.05) is 6.20 Å². The number of rotatable bonds is 10. The molecule has 4 aliphatic rings. The third-order valence-corrected chi connectivity index (χ3v) is 13.2. The van der Waals surface area contributed by atoms with Crippen LogP contribution in [0.4, 0.5) is 5.82 Å². The van der Waals surface area contributed by atoms with Gasteiger partial charge in [-0.1, -0.05) is 53.9 Å². The number of fused-ring (bicyclic) bond motifs is 5. The second-order valence-electron chi connectivity index (χ2n) is 15.4. The first-order valence-electron chi connectivity index (χ1n) is 16.7. The van der Waals surface area contributed by atoms with Gasteiger partial charge in [0.1, 0.15) is 11.9 Å². The predicted octanol–water partition coefficient (Wildman–Crippen LogP) is 6.80. The molecule has 3 unspecified atom stereocenters. The Morgan fingerprint density at radius 1 is 1.12 bits per heavy atom. The first-order valence-corrected chi connectivity index (χ1v) is 16.7. The zero-order valence-corrected chi connectivity index (χ0v) is 26.2. The van der Waals surface area contributed by atoms with Crippen molar-refractivity contribution in [3.05, 3.63) is 12.5 Å². The van der Waals surface area contributed by atoms with Crippen LogP contribution in [-0.4, -0.2) is 39.7 Å². The van der Waals surface area contributed by atoms with E-state index in [0.717, 1.165) is 60.7 Å². The van der Waals surface area contributed by atoms with Gasteiger partial charge < -0.3 is 20.7 Å². The molecule has 226 valence electrons. The molecular formula is C34H58N4O2. The quantitative estimate of drug-likeness (QED) is 0.296. The number of hydrogen-bond donors (Lipinski definition) is 3. The van der Waals surface area contributed by atoms with Crippen LogP contribution in [0.15, 0.2) is 12.5 Å². The average molecular weight is 555 g/mol. The number of aliphatic hydroxyl groups excluding tert-OH is 1. The van der Waals surface area contributed by atoms with E-state index in [-0.39, 0.29) is 17.4 Å². The number of imidazole rings is 1. The summed E-state index contributed by atoms with van der Waals surface area (Å²) < 4.78 is 0. The van der Waals surface area contributed by atoms with E-state index in [1.54, 1.807) is 6.33 Å². The molecule has 0 saturated heterocycles. The number of carbonyl (C=O) groups is 1. The summed E-state index contributed by atoms with van der Waals surface area (Å²) in [5, 5.41) is 11.1. The van der Waals surface area contributed by atoms with Crippen molar-refractivity contribution in [1.29, 1.82) is 0 Å². The highest BCUT2D eigenvalue weighted by molar-refractivity contribution is 5.79. The summed E-state index contributed by atoms with van der Waals surface area (Å²) in [6.07, 6.45) is 16.7. The van der Waals surface area contributed by atoms with Crippen LogP contribution in [0.3, 0.4) is 0 Å². The number of aliphatic hydroxyl groups is 1. The number of amides is 1. The van der Waals surface area contributed by atoms with Gasteiger partial charge in [0.05, 0.1) is 6.33 Å². The number of nitrogens with zero attached hydrogens (tertiary/aromatic N) is 2. The minimum atomic E-state index is -1.11. The molecule has 1 amide bonds. The van der Waals surface area contributed by atoms with E-state index >= 15 is 0 Å². The standard InChI is InChI=1S/C34H58N4O2/c1-7-38(30-19-36-20-37-30)29-18-34(6)23(17-25(29)31(39)32(35)40)11-12-24-27-14-13-26(22(4)10-8-9-21(2)3)33(27,5)16-15-28(24)34/h19-29,31,39H,7-18H2,1-6H3,(H2,35,40)(H,36,37)/t22-,23?,24+,25-,26-,27+,28+,29?,31?,33-,34+/m1/s1. The van der Waals surface area contributed by atoms with Gasteiger partial charge in [-0.3, -0.25) is 4.79 Å².